The second kappa shape index (κ2) is 4.31. The van der Waals surface area contributed by atoms with Crippen LogP contribution in [-0.4, -0.2) is 10.1 Å². The molecule has 0 fully saturated rings. The molecule has 0 bridgehead atoms. The fraction of sp³-hybridized carbons (Fsp3) is 0.200. The Balaban J connectivity index is 1.99. The zero-order valence-electron chi connectivity index (χ0n) is 8.20. The van der Waals surface area contributed by atoms with E-state index in [4.69, 9.17) is 16.1 Å². The minimum atomic E-state index is 0.469. The fourth-order valence-corrected chi connectivity index (χ4v) is 1.35. The van der Waals surface area contributed by atoms with Gasteiger partial charge in [0.2, 0.25) is 0 Å². The van der Waals surface area contributed by atoms with Crippen LogP contribution in [0.3, 0.4) is 0 Å². The third-order valence-corrected chi connectivity index (χ3v) is 2.05. The molecule has 0 amide bonds. The van der Waals surface area contributed by atoms with E-state index in [1.165, 1.54) is 0 Å². The van der Waals surface area contributed by atoms with Crippen LogP contribution in [0.2, 0.25) is 5.15 Å². The smallest absolute Gasteiger partial charge is 0.133 e. The highest BCUT2D eigenvalue weighted by Crippen LogP contribution is 2.10. The number of anilines is 1. The predicted molar refractivity (Wildman–Crippen MR) is 57.8 cm³/mol. The van der Waals surface area contributed by atoms with Gasteiger partial charge in [0, 0.05) is 6.07 Å². The molecule has 0 unspecified atom stereocenters. The number of hydrogen-bond donors (Lipinski definition) is 1. The Bertz CT molecular complexity index is 455. The molecular formula is C10H10ClN3O. The first kappa shape index (κ1) is 9.98. The normalized spacial score (nSPS) is 10.3. The van der Waals surface area contributed by atoms with Gasteiger partial charge in [-0.05, 0) is 19.1 Å². The minimum Gasteiger partial charge on any atom is -0.364 e. The molecule has 0 saturated carbocycles. The molecular weight excluding hydrogens is 214 g/mol. The van der Waals surface area contributed by atoms with Crippen LogP contribution in [0, 0.1) is 6.92 Å². The number of hydrogen-bond acceptors (Lipinski definition) is 4. The third-order valence-electron chi connectivity index (χ3n) is 1.84. The molecule has 0 aliphatic carbocycles. The molecule has 0 atom stereocenters. The Hall–Kier alpha value is -1.55. The van der Waals surface area contributed by atoms with Gasteiger partial charge in [-0.15, -0.1) is 0 Å². The largest absolute Gasteiger partial charge is 0.364 e. The maximum Gasteiger partial charge on any atom is 0.133 e. The molecule has 2 aromatic heterocycles. The summed E-state index contributed by atoms with van der Waals surface area (Å²) < 4.78 is 4.94. The van der Waals surface area contributed by atoms with Crippen molar-refractivity contribution in [3.8, 4) is 0 Å². The van der Waals surface area contributed by atoms with Gasteiger partial charge in [0.25, 0.3) is 0 Å². The van der Waals surface area contributed by atoms with E-state index in [1.807, 2.05) is 25.1 Å². The van der Waals surface area contributed by atoms with Gasteiger partial charge < -0.3 is 9.84 Å². The number of nitrogens with one attached hydrogen (secondary N) is 1. The second-order valence-electron chi connectivity index (χ2n) is 3.13. The van der Waals surface area contributed by atoms with Crippen molar-refractivity contribution in [3.05, 3.63) is 40.9 Å². The molecule has 2 heterocycles. The first-order valence-electron chi connectivity index (χ1n) is 4.52. The summed E-state index contributed by atoms with van der Waals surface area (Å²) in [5, 5.41) is 7.42. The van der Waals surface area contributed by atoms with Crippen molar-refractivity contribution in [3.63, 3.8) is 0 Å². The average Bonchev–Trinajstić information content (AvgIpc) is 2.62. The molecule has 78 valence electrons. The van der Waals surface area contributed by atoms with Gasteiger partial charge in [0.05, 0.1) is 6.54 Å². The highest BCUT2D eigenvalue weighted by Gasteiger charge is 2.00. The Morgan fingerprint density at radius 3 is 3.00 bits per heavy atom. The standard InChI is InChI=1S/C10H10ClN3O/c1-7-5-8(14-15-7)6-12-10-4-2-3-9(11)13-10/h2-5H,6H2,1H3,(H,12,13). The summed E-state index contributed by atoms with van der Waals surface area (Å²) in [5.74, 6) is 1.52. The van der Waals surface area contributed by atoms with Crippen LogP contribution in [0.5, 0.6) is 0 Å². The van der Waals surface area contributed by atoms with Gasteiger partial charge in [0.15, 0.2) is 0 Å². The number of pyridine rings is 1. The van der Waals surface area contributed by atoms with E-state index < -0.39 is 0 Å². The zero-order chi connectivity index (χ0) is 10.7. The van der Waals surface area contributed by atoms with Crippen LogP contribution < -0.4 is 5.32 Å². The first-order valence-corrected chi connectivity index (χ1v) is 4.90. The van der Waals surface area contributed by atoms with Crippen molar-refractivity contribution < 1.29 is 4.52 Å². The molecule has 2 aromatic rings. The highest BCUT2D eigenvalue weighted by atomic mass is 35.5. The summed E-state index contributed by atoms with van der Waals surface area (Å²) >= 11 is 5.75. The van der Waals surface area contributed by atoms with E-state index in [1.54, 1.807) is 6.07 Å². The Morgan fingerprint density at radius 2 is 2.33 bits per heavy atom. The summed E-state index contributed by atoms with van der Waals surface area (Å²) in [4.78, 5) is 4.09. The minimum absolute atomic E-state index is 0.469. The van der Waals surface area contributed by atoms with Crippen molar-refractivity contribution in [1.82, 2.24) is 10.1 Å². The molecule has 2 rings (SSSR count). The molecule has 1 N–H and O–H groups in total. The van der Waals surface area contributed by atoms with E-state index in [0.29, 0.717) is 11.7 Å². The lowest BCUT2D eigenvalue weighted by Gasteiger charge is -2.02. The van der Waals surface area contributed by atoms with E-state index >= 15 is 0 Å². The van der Waals surface area contributed by atoms with Crippen LogP contribution in [0.4, 0.5) is 5.82 Å². The van der Waals surface area contributed by atoms with Crippen molar-refractivity contribution >= 4 is 17.4 Å². The summed E-state index contributed by atoms with van der Waals surface area (Å²) in [6, 6.07) is 7.29. The van der Waals surface area contributed by atoms with E-state index in [2.05, 4.69) is 15.5 Å². The Labute approximate surface area is 92.3 Å². The average molecular weight is 224 g/mol. The maximum absolute atomic E-state index is 5.75. The molecule has 0 aliphatic rings. The monoisotopic (exact) mass is 223 g/mol. The Morgan fingerprint density at radius 1 is 1.47 bits per heavy atom. The summed E-state index contributed by atoms with van der Waals surface area (Å²) in [5.41, 5.74) is 0.842. The summed E-state index contributed by atoms with van der Waals surface area (Å²) in [7, 11) is 0. The van der Waals surface area contributed by atoms with E-state index in [-0.39, 0.29) is 0 Å². The zero-order valence-corrected chi connectivity index (χ0v) is 8.95. The molecule has 0 aliphatic heterocycles. The molecule has 0 radical (unpaired) electrons. The van der Waals surface area contributed by atoms with Gasteiger partial charge in [-0.1, -0.05) is 22.8 Å². The van der Waals surface area contributed by atoms with Crippen molar-refractivity contribution in [2.75, 3.05) is 5.32 Å². The number of aryl methyl sites for hydroxylation is 1. The number of aromatic nitrogens is 2. The van der Waals surface area contributed by atoms with Crippen LogP contribution >= 0.6 is 11.6 Å². The lowest BCUT2D eigenvalue weighted by Crippen LogP contribution is -2.01. The van der Waals surface area contributed by atoms with Gasteiger partial charge in [-0.2, -0.15) is 0 Å². The predicted octanol–water partition coefficient (Wildman–Crippen LogP) is 2.64. The molecule has 0 spiro atoms. The number of nitrogens with zero attached hydrogens (tertiary/aromatic N) is 2. The third kappa shape index (κ3) is 2.70. The van der Waals surface area contributed by atoms with Crippen LogP contribution in [0.15, 0.2) is 28.8 Å². The lowest BCUT2D eigenvalue weighted by molar-refractivity contribution is 0.391. The van der Waals surface area contributed by atoms with E-state index in [0.717, 1.165) is 17.3 Å². The SMILES string of the molecule is Cc1cc(CNc2cccc(Cl)n2)no1. The maximum atomic E-state index is 5.75. The summed E-state index contributed by atoms with van der Waals surface area (Å²) in [6.07, 6.45) is 0. The van der Waals surface area contributed by atoms with Gasteiger partial charge in [-0.3, -0.25) is 0 Å². The molecule has 15 heavy (non-hydrogen) atoms. The molecule has 0 aromatic carbocycles. The van der Waals surface area contributed by atoms with Gasteiger partial charge >= 0.3 is 0 Å². The Kier molecular flexibility index (Phi) is 2.87. The topological polar surface area (TPSA) is 51.0 Å². The van der Waals surface area contributed by atoms with Gasteiger partial charge in [0.1, 0.15) is 22.4 Å². The van der Waals surface area contributed by atoms with Crippen LogP contribution in [0.1, 0.15) is 11.5 Å². The second-order valence-corrected chi connectivity index (χ2v) is 3.52. The van der Waals surface area contributed by atoms with Crippen LogP contribution in [0.25, 0.3) is 0 Å². The van der Waals surface area contributed by atoms with Gasteiger partial charge in [-0.25, -0.2) is 4.98 Å². The molecule has 4 nitrogen and oxygen atoms in total. The highest BCUT2D eigenvalue weighted by molar-refractivity contribution is 6.29. The van der Waals surface area contributed by atoms with Crippen LogP contribution in [-0.2, 0) is 6.54 Å². The van der Waals surface area contributed by atoms with E-state index in [9.17, 15) is 0 Å². The molecule has 0 saturated heterocycles. The number of rotatable bonds is 3. The van der Waals surface area contributed by atoms with Crippen molar-refractivity contribution in [2.45, 2.75) is 13.5 Å². The quantitative estimate of drug-likeness (QED) is 0.813. The van der Waals surface area contributed by atoms with Crippen molar-refractivity contribution in [1.29, 1.82) is 0 Å². The van der Waals surface area contributed by atoms with Crippen molar-refractivity contribution in [2.24, 2.45) is 0 Å². The lowest BCUT2D eigenvalue weighted by atomic mass is 10.3. The summed E-state index contributed by atoms with van der Waals surface area (Å²) in [6.45, 7) is 2.43. The number of halogens is 1. The first-order chi connectivity index (χ1) is 7.24. The fourth-order valence-electron chi connectivity index (χ4n) is 1.19. The molecule has 5 heteroatoms.